The third kappa shape index (κ3) is 3.00. The predicted molar refractivity (Wildman–Crippen MR) is 74.0 cm³/mol. The summed E-state index contributed by atoms with van der Waals surface area (Å²) in [6, 6.07) is 4.78. The van der Waals surface area contributed by atoms with Gasteiger partial charge in [0.25, 0.3) is 0 Å². The molecule has 4 heteroatoms. The molecule has 0 aromatic carbocycles. The fraction of sp³-hybridized carbons (Fsp3) is 0.643. The van der Waals surface area contributed by atoms with Crippen molar-refractivity contribution in [2.45, 2.75) is 32.9 Å². The van der Waals surface area contributed by atoms with Gasteiger partial charge < -0.3 is 15.0 Å². The lowest BCUT2D eigenvalue weighted by atomic mass is 10.1. The summed E-state index contributed by atoms with van der Waals surface area (Å²) < 4.78 is 5.49. The summed E-state index contributed by atoms with van der Waals surface area (Å²) >= 11 is 0. The molecule has 0 bridgehead atoms. The van der Waals surface area contributed by atoms with E-state index < -0.39 is 0 Å². The van der Waals surface area contributed by atoms with Crippen molar-refractivity contribution >= 4 is 5.82 Å². The highest BCUT2D eigenvalue weighted by atomic mass is 16.5. The van der Waals surface area contributed by atoms with E-state index in [-0.39, 0.29) is 0 Å². The van der Waals surface area contributed by atoms with Crippen molar-refractivity contribution in [3.63, 3.8) is 0 Å². The SMILES string of the molecule is CCc1cc(CNC)cc(N2CCOCC2C)n1. The minimum Gasteiger partial charge on any atom is -0.377 e. The maximum atomic E-state index is 5.49. The van der Waals surface area contributed by atoms with Crippen molar-refractivity contribution < 1.29 is 4.74 Å². The summed E-state index contributed by atoms with van der Waals surface area (Å²) in [5.74, 6) is 1.09. The first-order valence-corrected chi connectivity index (χ1v) is 6.73. The Morgan fingerprint density at radius 1 is 1.50 bits per heavy atom. The molecule has 1 aliphatic rings. The smallest absolute Gasteiger partial charge is 0.129 e. The minimum absolute atomic E-state index is 0.404. The minimum atomic E-state index is 0.404. The molecule has 1 atom stereocenters. The van der Waals surface area contributed by atoms with Gasteiger partial charge in [-0.25, -0.2) is 4.98 Å². The lowest BCUT2D eigenvalue weighted by Gasteiger charge is -2.34. The summed E-state index contributed by atoms with van der Waals surface area (Å²) in [5, 5.41) is 3.21. The molecule has 1 aromatic heterocycles. The predicted octanol–water partition coefficient (Wildman–Crippen LogP) is 1.59. The number of rotatable bonds is 4. The highest BCUT2D eigenvalue weighted by Crippen LogP contribution is 2.20. The van der Waals surface area contributed by atoms with Crippen molar-refractivity contribution in [1.29, 1.82) is 0 Å². The molecular formula is C14H23N3O. The first-order chi connectivity index (χ1) is 8.74. The average molecular weight is 249 g/mol. The van der Waals surface area contributed by atoms with Crippen molar-refractivity contribution in [3.05, 3.63) is 23.4 Å². The molecule has 1 aliphatic heterocycles. The molecule has 0 aliphatic carbocycles. The number of aryl methyl sites for hydroxylation is 1. The summed E-state index contributed by atoms with van der Waals surface area (Å²) in [7, 11) is 1.98. The molecule has 2 rings (SSSR count). The van der Waals surface area contributed by atoms with Crippen LogP contribution in [-0.4, -0.2) is 37.8 Å². The van der Waals surface area contributed by atoms with Crippen LogP contribution < -0.4 is 10.2 Å². The second-order valence-electron chi connectivity index (χ2n) is 4.83. The number of hydrogen-bond donors (Lipinski definition) is 1. The second-order valence-corrected chi connectivity index (χ2v) is 4.83. The largest absolute Gasteiger partial charge is 0.377 e. The van der Waals surface area contributed by atoms with E-state index in [1.807, 2.05) is 7.05 Å². The fourth-order valence-corrected chi connectivity index (χ4v) is 2.34. The van der Waals surface area contributed by atoms with Gasteiger partial charge in [0.15, 0.2) is 0 Å². The summed E-state index contributed by atoms with van der Waals surface area (Å²) in [6.45, 7) is 7.75. The zero-order chi connectivity index (χ0) is 13.0. The van der Waals surface area contributed by atoms with Gasteiger partial charge in [0.2, 0.25) is 0 Å². The van der Waals surface area contributed by atoms with Crippen molar-refractivity contribution in [1.82, 2.24) is 10.3 Å². The fourth-order valence-electron chi connectivity index (χ4n) is 2.34. The molecular weight excluding hydrogens is 226 g/mol. The summed E-state index contributed by atoms with van der Waals surface area (Å²) in [4.78, 5) is 7.10. The molecule has 1 fully saturated rings. The van der Waals surface area contributed by atoms with Gasteiger partial charge in [-0.3, -0.25) is 0 Å². The van der Waals surface area contributed by atoms with Gasteiger partial charge in [0.05, 0.1) is 19.3 Å². The van der Waals surface area contributed by atoms with Crippen LogP contribution in [0.3, 0.4) is 0 Å². The molecule has 0 amide bonds. The van der Waals surface area contributed by atoms with E-state index in [0.29, 0.717) is 6.04 Å². The normalized spacial score (nSPS) is 20.2. The summed E-state index contributed by atoms with van der Waals surface area (Å²) in [6.07, 6.45) is 0.975. The number of pyridine rings is 1. The number of ether oxygens (including phenoxy) is 1. The third-order valence-corrected chi connectivity index (χ3v) is 3.33. The van der Waals surface area contributed by atoms with E-state index in [1.54, 1.807) is 0 Å². The van der Waals surface area contributed by atoms with Gasteiger partial charge >= 0.3 is 0 Å². The molecule has 0 saturated carbocycles. The molecule has 2 heterocycles. The lowest BCUT2D eigenvalue weighted by Crippen LogP contribution is -2.44. The zero-order valence-corrected chi connectivity index (χ0v) is 11.6. The first-order valence-electron chi connectivity index (χ1n) is 6.73. The molecule has 100 valence electrons. The quantitative estimate of drug-likeness (QED) is 0.879. The highest BCUT2D eigenvalue weighted by molar-refractivity contribution is 5.44. The Balaban J connectivity index is 2.27. The molecule has 1 N–H and O–H groups in total. The second kappa shape index (κ2) is 6.16. The van der Waals surface area contributed by atoms with Crippen LogP contribution in [-0.2, 0) is 17.7 Å². The Kier molecular flexibility index (Phi) is 4.55. The highest BCUT2D eigenvalue weighted by Gasteiger charge is 2.20. The van der Waals surface area contributed by atoms with E-state index in [1.165, 1.54) is 5.56 Å². The van der Waals surface area contributed by atoms with Crippen LogP contribution in [0.2, 0.25) is 0 Å². The van der Waals surface area contributed by atoms with E-state index in [4.69, 9.17) is 9.72 Å². The van der Waals surface area contributed by atoms with Crippen LogP contribution in [0, 0.1) is 0 Å². The molecule has 1 saturated heterocycles. The van der Waals surface area contributed by atoms with Crippen LogP contribution in [0.1, 0.15) is 25.1 Å². The Bertz CT molecular complexity index is 395. The van der Waals surface area contributed by atoms with E-state index in [2.05, 4.69) is 36.2 Å². The van der Waals surface area contributed by atoms with Gasteiger partial charge in [0.1, 0.15) is 5.82 Å². The van der Waals surface area contributed by atoms with Crippen LogP contribution in [0.5, 0.6) is 0 Å². The molecule has 0 spiro atoms. The van der Waals surface area contributed by atoms with Gasteiger partial charge in [-0.2, -0.15) is 0 Å². The van der Waals surface area contributed by atoms with E-state index in [9.17, 15) is 0 Å². The van der Waals surface area contributed by atoms with Crippen LogP contribution in [0.15, 0.2) is 12.1 Å². The number of hydrogen-bond acceptors (Lipinski definition) is 4. The Morgan fingerprint density at radius 3 is 3.00 bits per heavy atom. The monoisotopic (exact) mass is 249 g/mol. The number of aromatic nitrogens is 1. The van der Waals surface area contributed by atoms with Gasteiger partial charge in [-0.1, -0.05) is 6.92 Å². The van der Waals surface area contributed by atoms with E-state index in [0.717, 1.165) is 44.2 Å². The molecule has 18 heavy (non-hydrogen) atoms. The van der Waals surface area contributed by atoms with Crippen LogP contribution in [0.4, 0.5) is 5.82 Å². The number of morpholine rings is 1. The lowest BCUT2D eigenvalue weighted by molar-refractivity contribution is 0.0985. The van der Waals surface area contributed by atoms with Crippen LogP contribution >= 0.6 is 0 Å². The number of anilines is 1. The topological polar surface area (TPSA) is 37.4 Å². The Hall–Kier alpha value is -1.13. The first kappa shape index (κ1) is 13.3. The summed E-state index contributed by atoms with van der Waals surface area (Å²) in [5.41, 5.74) is 2.47. The number of nitrogens with one attached hydrogen (secondary N) is 1. The molecule has 1 aromatic rings. The van der Waals surface area contributed by atoms with Gasteiger partial charge in [0, 0.05) is 18.8 Å². The van der Waals surface area contributed by atoms with Gasteiger partial charge in [-0.05, 0) is 38.1 Å². The maximum Gasteiger partial charge on any atom is 0.129 e. The third-order valence-electron chi connectivity index (χ3n) is 3.33. The van der Waals surface area contributed by atoms with E-state index >= 15 is 0 Å². The van der Waals surface area contributed by atoms with Crippen molar-refractivity contribution in [2.24, 2.45) is 0 Å². The molecule has 0 radical (unpaired) electrons. The Labute approximate surface area is 109 Å². The van der Waals surface area contributed by atoms with Gasteiger partial charge in [-0.15, -0.1) is 0 Å². The Morgan fingerprint density at radius 2 is 2.33 bits per heavy atom. The van der Waals surface area contributed by atoms with Crippen LogP contribution in [0.25, 0.3) is 0 Å². The average Bonchev–Trinajstić information content (AvgIpc) is 2.39. The molecule has 1 unspecified atom stereocenters. The van der Waals surface area contributed by atoms with Crippen molar-refractivity contribution in [2.75, 3.05) is 31.7 Å². The molecule has 4 nitrogen and oxygen atoms in total. The zero-order valence-electron chi connectivity index (χ0n) is 11.6. The number of nitrogens with zero attached hydrogens (tertiary/aromatic N) is 2. The van der Waals surface area contributed by atoms with Crippen molar-refractivity contribution in [3.8, 4) is 0 Å². The standard InChI is InChI=1S/C14H23N3O/c1-4-13-7-12(9-15-3)8-14(16-13)17-5-6-18-10-11(17)2/h7-8,11,15H,4-6,9-10H2,1-3H3. The maximum absolute atomic E-state index is 5.49.